The second-order valence-electron chi connectivity index (χ2n) is 8.37. The fourth-order valence-electron chi connectivity index (χ4n) is 3.81. The zero-order chi connectivity index (χ0) is 27.1. The van der Waals surface area contributed by atoms with Gasteiger partial charge in [-0.1, -0.05) is 54.6 Å². The predicted octanol–water partition coefficient (Wildman–Crippen LogP) is 5.29. The topological polar surface area (TPSA) is 76.5 Å². The van der Waals surface area contributed by atoms with Crippen molar-refractivity contribution in [3.8, 4) is 16.9 Å². The molecule has 0 aliphatic heterocycles. The van der Waals surface area contributed by atoms with Crippen LogP contribution in [0.4, 0.5) is 19.0 Å². The highest BCUT2D eigenvalue weighted by Gasteiger charge is 2.31. The quantitative estimate of drug-likeness (QED) is 0.324. The number of para-hydroxylation sites is 1. The highest BCUT2D eigenvalue weighted by Crippen LogP contribution is 2.30. The number of anilines is 1. The van der Waals surface area contributed by atoms with Crippen molar-refractivity contribution in [1.29, 1.82) is 0 Å². The van der Waals surface area contributed by atoms with Crippen molar-refractivity contribution in [2.45, 2.75) is 6.18 Å². The van der Waals surface area contributed by atoms with E-state index >= 15 is 0 Å². The molecule has 0 aliphatic carbocycles. The molecular formula is C28H25F3N4O3. The maximum Gasteiger partial charge on any atom is 0.416 e. The molecule has 1 aromatic heterocycles. The van der Waals surface area contributed by atoms with Gasteiger partial charge in [-0.2, -0.15) is 18.3 Å². The molecule has 1 heterocycles. The number of ether oxygens (including phenoxy) is 1. The van der Waals surface area contributed by atoms with Crippen LogP contribution in [0.25, 0.3) is 16.9 Å². The summed E-state index contributed by atoms with van der Waals surface area (Å²) in [7, 11) is 1.43. The van der Waals surface area contributed by atoms with Gasteiger partial charge in [0.15, 0.2) is 0 Å². The minimum atomic E-state index is -4.60. The molecule has 3 aromatic carbocycles. The van der Waals surface area contributed by atoms with Crippen molar-refractivity contribution >= 4 is 17.6 Å². The number of nitrogens with zero attached hydrogens (tertiary/aromatic N) is 3. The Kier molecular flexibility index (Phi) is 8.22. The van der Waals surface area contributed by atoms with Crippen LogP contribution in [0, 0.1) is 0 Å². The van der Waals surface area contributed by atoms with Gasteiger partial charge in [0.2, 0.25) is 5.91 Å². The fraction of sp³-hybridized carbons (Fsp3) is 0.179. The average Bonchev–Trinajstić information content (AvgIpc) is 3.34. The largest absolute Gasteiger partial charge is 0.416 e. The van der Waals surface area contributed by atoms with Crippen LogP contribution >= 0.6 is 0 Å². The van der Waals surface area contributed by atoms with Crippen LogP contribution in [0.5, 0.6) is 0 Å². The van der Waals surface area contributed by atoms with Crippen molar-refractivity contribution in [1.82, 2.24) is 14.7 Å². The first-order chi connectivity index (χ1) is 18.3. The zero-order valence-corrected chi connectivity index (χ0v) is 20.5. The number of amides is 2. The van der Waals surface area contributed by atoms with Crippen molar-refractivity contribution < 1.29 is 27.5 Å². The molecule has 0 aliphatic rings. The second kappa shape index (κ2) is 11.7. The summed E-state index contributed by atoms with van der Waals surface area (Å²) in [5.74, 6) is -0.888. The Bertz CT molecular complexity index is 1390. The van der Waals surface area contributed by atoms with Gasteiger partial charge in [-0.05, 0) is 30.3 Å². The number of aromatic nitrogens is 2. The van der Waals surface area contributed by atoms with E-state index in [9.17, 15) is 22.8 Å². The van der Waals surface area contributed by atoms with Gasteiger partial charge in [0, 0.05) is 30.8 Å². The molecule has 0 atom stereocenters. The summed E-state index contributed by atoms with van der Waals surface area (Å²) in [6, 6.07) is 24.4. The van der Waals surface area contributed by atoms with Crippen molar-refractivity contribution in [3.05, 3.63) is 102 Å². The summed E-state index contributed by atoms with van der Waals surface area (Å²) in [6.45, 7) is -0.302. The van der Waals surface area contributed by atoms with Crippen molar-refractivity contribution in [2.24, 2.45) is 0 Å². The monoisotopic (exact) mass is 522 g/mol. The summed E-state index contributed by atoms with van der Waals surface area (Å²) in [5, 5.41) is 7.44. The third-order valence-electron chi connectivity index (χ3n) is 5.67. The molecule has 0 radical (unpaired) electrons. The standard InChI is InChI=1S/C28H25F3N4O3/c1-38-16-15-34(27(37)21-11-8-12-22(17-21)28(29,30)31)19-26(36)32-25-18-24(20-9-4-2-5-10-20)33-35(25)23-13-6-3-7-14-23/h2-14,17-18H,15-16,19H2,1H3,(H,32,36). The number of benzene rings is 3. The summed E-state index contributed by atoms with van der Waals surface area (Å²) in [5.41, 5.74) is 1.06. The molecule has 7 nitrogen and oxygen atoms in total. The van der Waals surface area contributed by atoms with E-state index in [-0.39, 0.29) is 18.7 Å². The van der Waals surface area contributed by atoms with E-state index in [1.54, 1.807) is 10.7 Å². The molecular weight excluding hydrogens is 497 g/mol. The van der Waals surface area contributed by atoms with E-state index in [1.165, 1.54) is 13.2 Å². The van der Waals surface area contributed by atoms with Gasteiger partial charge < -0.3 is 15.0 Å². The van der Waals surface area contributed by atoms with Crippen LogP contribution in [0.15, 0.2) is 91.0 Å². The number of carbonyl (C=O) groups is 2. The van der Waals surface area contributed by atoms with Gasteiger partial charge in [0.05, 0.1) is 23.6 Å². The lowest BCUT2D eigenvalue weighted by Gasteiger charge is -2.22. The minimum Gasteiger partial charge on any atom is -0.383 e. The van der Waals surface area contributed by atoms with Crippen LogP contribution < -0.4 is 5.32 Å². The molecule has 0 saturated heterocycles. The number of hydrogen-bond acceptors (Lipinski definition) is 4. The fourth-order valence-corrected chi connectivity index (χ4v) is 3.81. The van der Waals surface area contributed by atoms with E-state index in [4.69, 9.17) is 4.74 Å². The number of alkyl halides is 3. The lowest BCUT2D eigenvalue weighted by molar-refractivity contribution is -0.137. The zero-order valence-electron chi connectivity index (χ0n) is 20.5. The molecule has 0 unspecified atom stereocenters. The molecule has 38 heavy (non-hydrogen) atoms. The first-order valence-electron chi connectivity index (χ1n) is 11.7. The van der Waals surface area contributed by atoms with Crippen LogP contribution in [0.3, 0.4) is 0 Å². The van der Waals surface area contributed by atoms with Crippen molar-refractivity contribution in [3.63, 3.8) is 0 Å². The Morgan fingerprint density at radius 1 is 0.947 bits per heavy atom. The van der Waals surface area contributed by atoms with Crippen LogP contribution in [0.2, 0.25) is 0 Å². The molecule has 4 aromatic rings. The molecule has 10 heteroatoms. The molecule has 2 amide bonds. The first kappa shape index (κ1) is 26.6. The first-order valence-corrected chi connectivity index (χ1v) is 11.7. The molecule has 0 fully saturated rings. The number of methoxy groups -OCH3 is 1. The summed E-state index contributed by atoms with van der Waals surface area (Å²) in [4.78, 5) is 27.4. The molecule has 0 saturated carbocycles. The van der Waals surface area contributed by atoms with E-state index in [2.05, 4.69) is 10.4 Å². The molecule has 196 valence electrons. The Labute approximate surface area is 217 Å². The van der Waals surface area contributed by atoms with E-state index in [0.29, 0.717) is 17.2 Å². The second-order valence-corrected chi connectivity index (χ2v) is 8.37. The van der Waals surface area contributed by atoms with E-state index < -0.39 is 30.1 Å². The third-order valence-corrected chi connectivity index (χ3v) is 5.67. The maximum atomic E-state index is 13.2. The predicted molar refractivity (Wildman–Crippen MR) is 137 cm³/mol. The number of halogens is 3. The van der Waals surface area contributed by atoms with Gasteiger partial charge in [0.25, 0.3) is 5.91 Å². The smallest absolute Gasteiger partial charge is 0.383 e. The molecule has 1 N–H and O–H groups in total. The summed E-state index contributed by atoms with van der Waals surface area (Å²) < 4.78 is 46.1. The Balaban J connectivity index is 1.59. The number of rotatable bonds is 9. The van der Waals surface area contributed by atoms with Crippen LogP contribution in [0.1, 0.15) is 15.9 Å². The molecule has 4 rings (SSSR count). The number of hydrogen-bond donors (Lipinski definition) is 1. The number of carbonyl (C=O) groups excluding carboxylic acids is 2. The third kappa shape index (κ3) is 6.46. The average molecular weight is 523 g/mol. The highest BCUT2D eigenvalue weighted by atomic mass is 19.4. The van der Waals surface area contributed by atoms with Gasteiger partial charge in [-0.3, -0.25) is 9.59 Å². The molecule has 0 spiro atoms. The maximum absolute atomic E-state index is 13.2. The van der Waals surface area contributed by atoms with Gasteiger partial charge >= 0.3 is 6.18 Å². The van der Waals surface area contributed by atoms with E-state index in [0.717, 1.165) is 28.7 Å². The Morgan fingerprint density at radius 2 is 1.63 bits per heavy atom. The van der Waals surface area contributed by atoms with Crippen LogP contribution in [-0.4, -0.2) is 53.3 Å². The Morgan fingerprint density at radius 3 is 2.29 bits per heavy atom. The highest BCUT2D eigenvalue weighted by molar-refractivity contribution is 5.99. The Hall–Kier alpha value is -4.44. The lowest BCUT2D eigenvalue weighted by Crippen LogP contribution is -2.40. The normalized spacial score (nSPS) is 11.3. The van der Waals surface area contributed by atoms with Gasteiger partial charge in [-0.25, -0.2) is 4.68 Å². The van der Waals surface area contributed by atoms with Gasteiger partial charge in [0.1, 0.15) is 12.4 Å². The van der Waals surface area contributed by atoms with Crippen LogP contribution in [-0.2, 0) is 15.7 Å². The SMILES string of the molecule is COCCN(CC(=O)Nc1cc(-c2ccccc2)nn1-c1ccccc1)C(=O)c1cccc(C(F)(F)F)c1. The van der Waals surface area contributed by atoms with Gasteiger partial charge in [-0.15, -0.1) is 0 Å². The number of nitrogens with one attached hydrogen (secondary N) is 1. The summed E-state index contributed by atoms with van der Waals surface area (Å²) >= 11 is 0. The van der Waals surface area contributed by atoms with Crippen molar-refractivity contribution in [2.75, 3.05) is 32.1 Å². The lowest BCUT2D eigenvalue weighted by atomic mass is 10.1. The molecule has 0 bridgehead atoms. The minimum absolute atomic E-state index is 0.00616. The summed E-state index contributed by atoms with van der Waals surface area (Å²) in [6.07, 6.45) is -4.60. The van der Waals surface area contributed by atoms with E-state index in [1.807, 2.05) is 60.7 Å².